The molecule has 0 aromatic heterocycles. The molecule has 1 aromatic carbocycles. The van der Waals surface area contributed by atoms with Crippen LogP contribution in [0.1, 0.15) is 23.2 Å². The molecule has 1 saturated heterocycles. The van der Waals surface area contributed by atoms with Crippen LogP contribution in [0.3, 0.4) is 0 Å². The van der Waals surface area contributed by atoms with Gasteiger partial charge < -0.3 is 14.8 Å². The Labute approximate surface area is 132 Å². The standard InChI is InChI=1S/C14H15Cl2NO4/c15-9-3-4-11(12(16)6-9)14(19)21-8-13(18)17-7-10-2-1-5-20-10/h3-4,6,10H,1-2,5,7-8H2,(H,17,18)/t10-/m0/s1. The molecule has 0 spiro atoms. The fourth-order valence-corrected chi connectivity index (χ4v) is 2.43. The molecule has 1 aliphatic rings. The first-order valence-corrected chi connectivity index (χ1v) is 7.32. The highest BCUT2D eigenvalue weighted by Gasteiger charge is 2.17. The minimum atomic E-state index is -0.663. The van der Waals surface area contributed by atoms with Gasteiger partial charge in [0, 0.05) is 18.2 Å². The Morgan fingerprint density at radius 1 is 1.38 bits per heavy atom. The second-order valence-corrected chi connectivity index (χ2v) is 5.48. The van der Waals surface area contributed by atoms with E-state index in [1.807, 2.05) is 0 Å². The number of rotatable bonds is 5. The summed E-state index contributed by atoms with van der Waals surface area (Å²) in [7, 11) is 0. The first-order valence-electron chi connectivity index (χ1n) is 6.57. The largest absolute Gasteiger partial charge is 0.452 e. The highest BCUT2D eigenvalue weighted by Crippen LogP contribution is 2.21. The highest BCUT2D eigenvalue weighted by atomic mass is 35.5. The molecule has 114 valence electrons. The van der Waals surface area contributed by atoms with Gasteiger partial charge in [0.1, 0.15) is 0 Å². The normalized spacial score (nSPS) is 17.5. The van der Waals surface area contributed by atoms with E-state index in [-0.39, 0.29) is 29.2 Å². The monoisotopic (exact) mass is 331 g/mol. The molecular weight excluding hydrogens is 317 g/mol. The molecule has 1 aliphatic heterocycles. The number of amides is 1. The predicted octanol–water partition coefficient (Wildman–Crippen LogP) is 2.45. The summed E-state index contributed by atoms with van der Waals surface area (Å²) in [6.45, 7) is 0.799. The van der Waals surface area contributed by atoms with E-state index in [0.29, 0.717) is 11.6 Å². The van der Waals surface area contributed by atoms with Crippen molar-refractivity contribution >= 4 is 35.1 Å². The molecule has 0 saturated carbocycles. The van der Waals surface area contributed by atoms with Gasteiger partial charge in [0.05, 0.1) is 16.7 Å². The molecule has 5 nitrogen and oxygen atoms in total. The summed E-state index contributed by atoms with van der Waals surface area (Å²) in [5.74, 6) is -1.03. The van der Waals surface area contributed by atoms with E-state index < -0.39 is 5.97 Å². The minimum absolute atomic E-state index is 0.0513. The molecule has 1 N–H and O–H groups in total. The van der Waals surface area contributed by atoms with Crippen LogP contribution in [0.4, 0.5) is 0 Å². The van der Waals surface area contributed by atoms with Gasteiger partial charge in [0.2, 0.25) is 0 Å². The molecule has 0 radical (unpaired) electrons. The number of ether oxygens (including phenoxy) is 2. The third-order valence-corrected chi connectivity index (χ3v) is 3.58. The molecule has 0 bridgehead atoms. The Kier molecular flexibility index (Phi) is 5.85. The van der Waals surface area contributed by atoms with Gasteiger partial charge in [-0.15, -0.1) is 0 Å². The average Bonchev–Trinajstić information content (AvgIpc) is 2.95. The molecular formula is C14H15Cl2NO4. The van der Waals surface area contributed by atoms with E-state index >= 15 is 0 Å². The lowest BCUT2D eigenvalue weighted by Gasteiger charge is -2.11. The third kappa shape index (κ3) is 4.88. The van der Waals surface area contributed by atoms with Crippen molar-refractivity contribution in [2.45, 2.75) is 18.9 Å². The van der Waals surface area contributed by atoms with Crippen molar-refractivity contribution in [2.75, 3.05) is 19.8 Å². The second kappa shape index (κ2) is 7.64. The van der Waals surface area contributed by atoms with Crippen molar-refractivity contribution in [1.29, 1.82) is 0 Å². The first kappa shape index (κ1) is 16.1. The number of carbonyl (C=O) groups excluding carboxylic acids is 2. The molecule has 1 aromatic rings. The smallest absolute Gasteiger partial charge is 0.340 e. The van der Waals surface area contributed by atoms with Gasteiger partial charge >= 0.3 is 5.97 Å². The van der Waals surface area contributed by atoms with Crippen LogP contribution in [0.25, 0.3) is 0 Å². The Balaban J connectivity index is 1.76. The lowest BCUT2D eigenvalue weighted by Crippen LogP contribution is -2.34. The number of benzene rings is 1. The van der Waals surface area contributed by atoms with Crippen LogP contribution in [0.15, 0.2) is 18.2 Å². The van der Waals surface area contributed by atoms with Crippen LogP contribution in [0.2, 0.25) is 10.0 Å². The number of hydrogen-bond donors (Lipinski definition) is 1. The van der Waals surface area contributed by atoms with Crippen LogP contribution >= 0.6 is 23.2 Å². The van der Waals surface area contributed by atoms with Gasteiger partial charge in [-0.1, -0.05) is 23.2 Å². The molecule has 0 aliphatic carbocycles. The van der Waals surface area contributed by atoms with E-state index in [0.717, 1.165) is 19.4 Å². The fourth-order valence-electron chi connectivity index (χ4n) is 1.95. The molecule has 0 unspecified atom stereocenters. The zero-order valence-corrected chi connectivity index (χ0v) is 12.7. The number of nitrogens with one attached hydrogen (secondary N) is 1. The lowest BCUT2D eigenvalue weighted by atomic mass is 10.2. The lowest BCUT2D eigenvalue weighted by molar-refractivity contribution is -0.124. The van der Waals surface area contributed by atoms with E-state index in [2.05, 4.69) is 5.32 Å². The second-order valence-electron chi connectivity index (χ2n) is 4.64. The number of hydrogen-bond acceptors (Lipinski definition) is 4. The molecule has 2 rings (SSSR count). The van der Waals surface area contributed by atoms with Crippen molar-refractivity contribution in [3.05, 3.63) is 33.8 Å². The van der Waals surface area contributed by atoms with Gasteiger partial charge in [-0.3, -0.25) is 4.79 Å². The van der Waals surface area contributed by atoms with Crippen molar-refractivity contribution in [1.82, 2.24) is 5.32 Å². The molecule has 1 heterocycles. The molecule has 1 fully saturated rings. The molecule has 7 heteroatoms. The van der Waals surface area contributed by atoms with E-state index in [4.69, 9.17) is 32.7 Å². The summed E-state index contributed by atoms with van der Waals surface area (Å²) in [4.78, 5) is 23.4. The summed E-state index contributed by atoms with van der Waals surface area (Å²) >= 11 is 11.6. The zero-order chi connectivity index (χ0) is 15.2. The summed E-state index contributed by atoms with van der Waals surface area (Å²) in [6.07, 6.45) is 1.99. The molecule has 1 atom stereocenters. The number of carbonyl (C=O) groups is 2. The van der Waals surface area contributed by atoms with Crippen molar-refractivity contribution in [2.24, 2.45) is 0 Å². The van der Waals surface area contributed by atoms with Crippen LogP contribution in [-0.2, 0) is 14.3 Å². The number of esters is 1. The van der Waals surface area contributed by atoms with E-state index in [9.17, 15) is 9.59 Å². The van der Waals surface area contributed by atoms with Crippen LogP contribution in [0, 0.1) is 0 Å². The van der Waals surface area contributed by atoms with Gasteiger partial charge in [0.15, 0.2) is 6.61 Å². The number of halogens is 2. The average molecular weight is 332 g/mol. The van der Waals surface area contributed by atoms with Gasteiger partial charge in [-0.25, -0.2) is 4.79 Å². The van der Waals surface area contributed by atoms with Crippen molar-refractivity contribution < 1.29 is 19.1 Å². The predicted molar refractivity (Wildman–Crippen MR) is 78.7 cm³/mol. The zero-order valence-electron chi connectivity index (χ0n) is 11.2. The minimum Gasteiger partial charge on any atom is -0.452 e. The van der Waals surface area contributed by atoms with Crippen LogP contribution < -0.4 is 5.32 Å². The van der Waals surface area contributed by atoms with Crippen LogP contribution in [-0.4, -0.2) is 37.7 Å². The summed E-state index contributed by atoms with van der Waals surface area (Å²) in [6, 6.07) is 4.43. The Bertz CT molecular complexity index is 530. The highest BCUT2D eigenvalue weighted by molar-refractivity contribution is 6.36. The van der Waals surface area contributed by atoms with Gasteiger partial charge in [-0.05, 0) is 31.0 Å². The van der Waals surface area contributed by atoms with Gasteiger partial charge in [-0.2, -0.15) is 0 Å². The topological polar surface area (TPSA) is 64.6 Å². The first-order chi connectivity index (χ1) is 10.1. The third-order valence-electron chi connectivity index (χ3n) is 3.04. The van der Waals surface area contributed by atoms with Crippen molar-refractivity contribution in [3.8, 4) is 0 Å². The Morgan fingerprint density at radius 3 is 2.86 bits per heavy atom. The van der Waals surface area contributed by atoms with Crippen LogP contribution in [0.5, 0.6) is 0 Å². The Morgan fingerprint density at radius 2 is 2.19 bits per heavy atom. The maximum Gasteiger partial charge on any atom is 0.340 e. The van der Waals surface area contributed by atoms with Crippen molar-refractivity contribution in [3.63, 3.8) is 0 Å². The summed E-state index contributed by atoms with van der Waals surface area (Å²) < 4.78 is 10.3. The Hall–Kier alpha value is -1.30. The molecule has 21 heavy (non-hydrogen) atoms. The van der Waals surface area contributed by atoms with E-state index in [1.54, 1.807) is 0 Å². The summed E-state index contributed by atoms with van der Waals surface area (Å²) in [5.41, 5.74) is 0.174. The maximum atomic E-state index is 11.8. The quantitative estimate of drug-likeness (QED) is 0.841. The SMILES string of the molecule is O=C(COC(=O)c1ccc(Cl)cc1Cl)NC[C@@H]1CCCO1. The fraction of sp³-hybridized carbons (Fsp3) is 0.429. The maximum absolute atomic E-state index is 11.8. The van der Waals surface area contributed by atoms with Gasteiger partial charge in [0.25, 0.3) is 5.91 Å². The molecule has 1 amide bonds. The van der Waals surface area contributed by atoms with E-state index in [1.165, 1.54) is 18.2 Å². The summed E-state index contributed by atoms with van der Waals surface area (Å²) in [5, 5.41) is 3.27.